The van der Waals surface area contributed by atoms with E-state index in [1.165, 1.54) is 44.9 Å². The largest absolute Gasteiger partial charge is 0.368 e. The fourth-order valence-corrected chi connectivity index (χ4v) is 5.38. The minimum atomic E-state index is -0.434. The molecule has 7 nitrogen and oxygen atoms in total. The van der Waals surface area contributed by atoms with Gasteiger partial charge in [-0.1, -0.05) is 44.2 Å². The standard InChI is InChI=1S/C23H32N6O/c24-17-26-23-28(16-22(25)30)20-10-6-7-11-21(20)29(23)19-12-14-27(15-13-19)18-8-4-2-1-3-5-9-18/h6-7,10-11,18-19H,1-5,8-9,12-16H2,(H2,25,30)/b26-23-. The van der Waals surface area contributed by atoms with Gasteiger partial charge in [0.05, 0.1) is 11.0 Å². The van der Waals surface area contributed by atoms with Crippen molar-refractivity contribution in [3.63, 3.8) is 0 Å². The lowest BCUT2D eigenvalue weighted by Gasteiger charge is -2.39. The number of carbonyl (C=O) groups is 1. The predicted octanol–water partition coefficient (Wildman–Crippen LogP) is 3.06. The maximum atomic E-state index is 11.7. The fraction of sp³-hybridized carbons (Fsp3) is 0.609. The molecule has 2 heterocycles. The van der Waals surface area contributed by atoms with Gasteiger partial charge in [0, 0.05) is 25.2 Å². The van der Waals surface area contributed by atoms with Crippen molar-refractivity contribution in [1.29, 1.82) is 5.26 Å². The molecule has 0 unspecified atom stereocenters. The molecule has 1 saturated carbocycles. The van der Waals surface area contributed by atoms with Crippen molar-refractivity contribution in [1.82, 2.24) is 14.0 Å². The van der Waals surface area contributed by atoms with E-state index in [0.29, 0.717) is 5.62 Å². The molecular weight excluding hydrogens is 376 g/mol. The second-order valence-electron chi connectivity index (χ2n) is 8.69. The molecule has 1 amide bonds. The maximum Gasteiger partial charge on any atom is 0.237 e. The lowest BCUT2D eigenvalue weighted by Crippen LogP contribution is -2.43. The number of hydrogen-bond acceptors (Lipinski definition) is 4. The topological polar surface area (TPSA) is 92.3 Å². The molecule has 4 rings (SSSR count). The van der Waals surface area contributed by atoms with E-state index < -0.39 is 5.91 Å². The number of benzene rings is 1. The number of nitrogens with two attached hydrogens (primary N) is 1. The first-order chi connectivity index (χ1) is 14.7. The molecular formula is C23H32N6O. The van der Waals surface area contributed by atoms with Crippen LogP contribution in [0.4, 0.5) is 0 Å². The molecule has 160 valence electrons. The molecule has 2 fully saturated rings. The smallest absolute Gasteiger partial charge is 0.237 e. The van der Waals surface area contributed by atoms with E-state index in [0.717, 1.165) is 43.0 Å². The van der Waals surface area contributed by atoms with E-state index in [9.17, 15) is 10.1 Å². The third-order valence-corrected chi connectivity index (χ3v) is 6.81. The van der Waals surface area contributed by atoms with Gasteiger partial charge < -0.3 is 15.2 Å². The Morgan fingerprint density at radius 2 is 1.63 bits per heavy atom. The molecule has 2 aromatic rings. The van der Waals surface area contributed by atoms with Gasteiger partial charge in [0.1, 0.15) is 6.54 Å². The highest BCUT2D eigenvalue weighted by atomic mass is 16.1. The Balaban J connectivity index is 1.61. The number of aromatic nitrogens is 2. The van der Waals surface area contributed by atoms with Crippen LogP contribution in [0.2, 0.25) is 0 Å². The summed E-state index contributed by atoms with van der Waals surface area (Å²) in [6.07, 6.45) is 13.5. The summed E-state index contributed by atoms with van der Waals surface area (Å²) in [6, 6.07) is 8.93. The molecule has 0 radical (unpaired) electrons. The van der Waals surface area contributed by atoms with Crippen molar-refractivity contribution >= 4 is 16.9 Å². The monoisotopic (exact) mass is 408 g/mol. The Morgan fingerprint density at radius 3 is 2.27 bits per heavy atom. The van der Waals surface area contributed by atoms with E-state index >= 15 is 0 Å². The summed E-state index contributed by atoms with van der Waals surface area (Å²) in [6.45, 7) is 2.17. The zero-order chi connectivity index (χ0) is 20.9. The highest BCUT2D eigenvalue weighted by Gasteiger charge is 2.28. The summed E-state index contributed by atoms with van der Waals surface area (Å²) in [5.41, 5.74) is 7.93. The number of likely N-dealkylation sites (tertiary alicyclic amines) is 1. The molecule has 0 atom stereocenters. The van der Waals surface area contributed by atoms with Crippen LogP contribution in [0.15, 0.2) is 29.3 Å². The number of imidazole rings is 1. The van der Waals surface area contributed by atoms with Gasteiger partial charge in [0.15, 0.2) is 0 Å². The van der Waals surface area contributed by atoms with E-state index in [2.05, 4.69) is 14.5 Å². The molecule has 2 N–H and O–H groups in total. The van der Waals surface area contributed by atoms with Crippen LogP contribution in [-0.4, -0.2) is 39.1 Å². The Hall–Kier alpha value is -2.59. The number of nitrogens with zero attached hydrogens (tertiary/aromatic N) is 5. The number of piperidine rings is 1. The van der Waals surface area contributed by atoms with Crippen molar-refractivity contribution < 1.29 is 4.79 Å². The number of para-hydroxylation sites is 2. The van der Waals surface area contributed by atoms with Gasteiger partial charge in [0.2, 0.25) is 17.7 Å². The minimum absolute atomic E-state index is 0.0228. The van der Waals surface area contributed by atoms with Crippen LogP contribution in [0.25, 0.3) is 11.0 Å². The highest BCUT2D eigenvalue weighted by Crippen LogP contribution is 2.29. The van der Waals surface area contributed by atoms with Crippen LogP contribution in [0, 0.1) is 11.5 Å². The van der Waals surface area contributed by atoms with Gasteiger partial charge in [-0.2, -0.15) is 5.26 Å². The van der Waals surface area contributed by atoms with E-state index in [1.54, 1.807) is 4.57 Å². The molecule has 1 aromatic carbocycles. The number of nitriles is 1. The average Bonchev–Trinajstić information content (AvgIpc) is 3.01. The lowest BCUT2D eigenvalue weighted by atomic mass is 9.93. The molecule has 1 saturated heterocycles. The van der Waals surface area contributed by atoms with Crippen LogP contribution < -0.4 is 11.4 Å². The number of rotatable bonds is 4. The third kappa shape index (κ3) is 4.29. The molecule has 0 bridgehead atoms. The molecule has 1 aromatic heterocycles. The van der Waals surface area contributed by atoms with Gasteiger partial charge in [-0.05, 0) is 37.8 Å². The van der Waals surface area contributed by atoms with Gasteiger partial charge in [0.25, 0.3) is 0 Å². The molecule has 7 heteroatoms. The molecule has 2 aliphatic rings. The van der Waals surface area contributed by atoms with Gasteiger partial charge in [-0.25, -0.2) is 0 Å². The van der Waals surface area contributed by atoms with E-state index in [-0.39, 0.29) is 12.6 Å². The second kappa shape index (κ2) is 9.48. The van der Waals surface area contributed by atoms with Crippen molar-refractivity contribution in [2.75, 3.05) is 13.1 Å². The Bertz CT molecular complexity index is 981. The predicted molar refractivity (Wildman–Crippen MR) is 116 cm³/mol. The Labute approximate surface area is 177 Å². The Morgan fingerprint density at radius 1 is 1.00 bits per heavy atom. The summed E-state index contributed by atoms with van der Waals surface area (Å²) in [7, 11) is 0. The molecule has 1 aliphatic carbocycles. The molecule has 1 aliphatic heterocycles. The van der Waals surface area contributed by atoms with Crippen LogP contribution in [0.3, 0.4) is 0 Å². The minimum Gasteiger partial charge on any atom is -0.368 e. The number of hydrogen-bond donors (Lipinski definition) is 1. The zero-order valence-electron chi connectivity index (χ0n) is 17.7. The van der Waals surface area contributed by atoms with Crippen LogP contribution in [0.1, 0.15) is 63.8 Å². The molecule has 30 heavy (non-hydrogen) atoms. The first-order valence-electron chi connectivity index (χ1n) is 11.3. The normalized spacial score (nSPS) is 20.7. The fourth-order valence-electron chi connectivity index (χ4n) is 5.38. The first kappa shape index (κ1) is 20.7. The van der Waals surface area contributed by atoms with Crippen LogP contribution >= 0.6 is 0 Å². The number of amides is 1. The first-order valence-corrected chi connectivity index (χ1v) is 11.3. The quantitative estimate of drug-likeness (QED) is 0.788. The number of carbonyl (C=O) groups excluding carboxylic acids is 1. The van der Waals surface area contributed by atoms with Gasteiger partial charge in [-0.15, -0.1) is 4.99 Å². The maximum absolute atomic E-state index is 11.7. The Kier molecular flexibility index (Phi) is 6.53. The van der Waals surface area contributed by atoms with Crippen LogP contribution in [0.5, 0.6) is 0 Å². The lowest BCUT2D eigenvalue weighted by molar-refractivity contribution is -0.118. The van der Waals surface area contributed by atoms with Gasteiger partial charge in [-0.3, -0.25) is 9.36 Å². The summed E-state index contributed by atoms with van der Waals surface area (Å²) in [5.74, 6) is -0.434. The van der Waals surface area contributed by atoms with Crippen molar-refractivity contribution in [3.8, 4) is 6.19 Å². The van der Waals surface area contributed by atoms with Crippen LogP contribution in [-0.2, 0) is 11.3 Å². The van der Waals surface area contributed by atoms with Crippen molar-refractivity contribution in [2.24, 2.45) is 10.7 Å². The highest BCUT2D eigenvalue weighted by molar-refractivity contribution is 5.80. The van der Waals surface area contributed by atoms with Crippen molar-refractivity contribution in [2.45, 2.75) is 76.4 Å². The van der Waals surface area contributed by atoms with Crippen molar-refractivity contribution in [3.05, 3.63) is 29.9 Å². The zero-order valence-corrected chi connectivity index (χ0v) is 17.7. The summed E-state index contributed by atoms with van der Waals surface area (Å²) in [5, 5.41) is 9.32. The second-order valence-corrected chi connectivity index (χ2v) is 8.69. The molecule has 0 spiro atoms. The summed E-state index contributed by atoms with van der Waals surface area (Å²) >= 11 is 0. The SMILES string of the molecule is N#C/N=c1/n(CC(N)=O)c2ccccc2n1C1CCN(C2CCCCCCC2)CC1. The summed E-state index contributed by atoms with van der Waals surface area (Å²) < 4.78 is 3.94. The number of fused-ring (bicyclic) bond motifs is 1. The van der Waals surface area contributed by atoms with Gasteiger partial charge >= 0.3 is 0 Å². The third-order valence-electron chi connectivity index (χ3n) is 6.81. The summed E-state index contributed by atoms with van der Waals surface area (Å²) in [4.78, 5) is 18.5. The van der Waals surface area contributed by atoms with E-state index in [4.69, 9.17) is 5.73 Å². The number of primary amides is 1. The van der Waals surface area contributed by atoms with E-state index in [1.807, 2.05) is 30.5 Å². The average molecular weight is 409 g/mol.